The Bertz CT molecular complexity index is 1250. The Hall–Kier alpha value is -3.30. The Morgan fingerprint density at radius 3 is 2.39 bits per heavy atom. The quantitative estimate of drug-likeness (QED) is 0.390. The van der Waals surface area contributed by atoms with Crippen LogP contribution in [0.1, 0.15) is 57.9 Å². The molecule has 3 aliphatic rings. The van der Waals surface area contributed by atoms with E-state index in [0.717, 1.165) is 69.0 Å². The topological polar surface area (TPSA) is 83.5 Å². The minimum Gasteiger partial charge on any atom is -0.494 e. The molecular formula is C32H40N4O4S. The molecule has 9 heteroatoms. The van der Waals surface area contributed by atoms with Gasteiger partial charge in [-0.2, -0.15) is 0 Å². The van der Waals surface area contributed by atoms with E-state index in [0.29, 0.717) is 29.6 Å². The minimum absolute atomic E-state index is 0.0160. The van der Waals surface area contributed by atoms with Crippen molar-refractivity contribution in [2.45, 2.75) is 63.7 Å². The number of hydrogen-bond acceptors (Lipinski definition) is 7. The number of amides is 2. The molecule has 1 N–H and O–H groups in total. The first-order valence-corrected chi connectivity index (χ1v) is 15.7. The van der Waals surface area contributed by atoms with E-state index in [1.807, 2.05) is 56.3 Å². The van der Waals surface area contributed by atoms with Gasteiger partial charge in [0.15, 0.2) is 5.17 Å². The Morgan fingerprint density at radius 1 is 1.05 bits per heavy atom. The molecule has 218 valence electrons. The normalized spacial score (nSPS) is 19.8. The molecule has 0 bridgehead atoms. The summed E-state index contributed by atoms with van der Waals surface area (Å²) < 4.78 is 11.1. The van der Waals surface area contributed by atoms with Crippen LogP contribution in [0.3, 0.4) is 0 Å². The number of amidine groups is 1. The van der Waals surface area contributed by atoms with Crippen molar-refractivity contribution in [1.82, 2.24) is 5.32 Å². The molecular weight excluding hydrogens is 536 g/mol. The number of hydrogen-bond donors (Lipinski definition) is 1. The molecule has 2 aromatic rings. The molecule has 2 aliphatic heterocycles. The summed E-state index contributed by atoms with van der Waals surface area (Å²) >= 11 is 1.36. The zero-order chi connectivity index (χ0) is 28.6. The first kappa shape index (κ1) is 29.2. The number of thioether (sulfide) groups is 1. The maximum atomic E-state index is 13.8. The van der Waals surface area contributed by atoms with Crippen LogP contribution in [-0.4, -0.2) is 61.2 Å². The standard InChI is InChI=1S/C32H40N4O4S/c1-3-29(30(37)33-24-8-6-5-7-9-24)41-32-34-28(31(38)36(32)26-14-16-27(17-15-26)40-4-2)22-23-10-12-25(13-11-23)35-18-20-39-21-19-35/h10-17,22,24,29H,3-9,18-21H2,1-2H3,(H,33,37). The molecule has 0 aromatic heterocycles. The molecule has 1 saturated heterocycles. The lowest BCUT2D eigenvalue weighted by Gasteiger charge is -2.28. The molecule has 1 saturated carbocycles. The summed E-state index contributed by atoms with van der Waals surface area (Å²) in [4.78, 5) is 35.8. The predicted molar refractivity (Wildman–Crippen MR) is 167 cm³/mol. The van der Waals surface area contributed by atoms with Crippen LogP contribution in [0.25, 0.3) is 6.08 Å². The van der Waals surface area contributed by atoms with Crippen molar-refractivity contribution in [1.29, 1.82) is 0 Å². The average molecular weight is 577 g/mol. The smallest absolute Gasteiger partial charge is 0.283 e. The molecule has 2 fully saturated rings. The summed E-state index contributed by atoms with van der Waals surface area (Å²) in [5.74, 6) is 0.544. The van der Waals surface area contributed by atoms with Gasteiger partial charge in [0.05, 0.1) is 30.8 Å². The summed E-state index contributed by atoms with van der Waals surface area (Å²) in [5, 5.41) is 3.42. The van der Waals surface area contributed by atoms with Gasteiger partial charge in [0.2, 0.25) is 5.91 Å². The summed E-state index contributed by atoms with van der Waals surface area (Å²) in [6, 6.07) is 15.8. The summed E-state index contributed by atoms with van der Waals surface area (Å²) in [6.07, 6.45) is 8.06. The SMILES string of the molecule is CCOc1ccc(N2C(=O)C(=Cc3ccc(N4CCOCC4)cc3)N=C2SC(CC)C(=O)NC2CCCCC2)cc1. The Balaban J connectivity index is 1.38. The first-order chi connectivity index (χ1) is 20.1. The lowest BCUT2D eigenvalue weighted by Crippen LogP contribution is -2.42. The van der Waals surface area contributed by atoms with E-state index in [1.54, 1.807) is 4.90 Å². The van der Waals surface area contributed by atoms with Crippen LogP contribution in [0.2, 0.25) is 0 Å². The predicted octanol–water partition coefficient (Wildman–Crippen LogP) is 5.63. The van der Waals surface area contributed by atoms with Crippen molar-refractivity contribution >= 4 is 46.2 Å². The van der Waals surface area contributed by atoms with E-state index in [9.17, 15) is 9.59 Å². The zero-order valence-corrected chi connectivity index (χ0v) is 24.8. The maximum absolute atomic E-state index is 13.8. The molecule has 1 atom stereocenters. The largest absolute Gasteiger partial charge is 0.494 e. The average Bonchev–Trinajstić information content (AvgIpc) is 3.31. The molecule has 2 aromatic carbocycles. The van der Waals surface area contributed by atoms with E-state index in [4.69, 9.17) is 14.5 Å². The fourth-order valence-electron chi connectivity index (χ4n) is 5.41. The molecule has 0 radical (unpaired) electrons. The molecule has 2 heterocycles. The molecule has 0 spiro atoms. The van der Waals surface area contributed by atoms with Gasteiger partial charge in [-0.05, 0) is 74.2 Å². The van der Waals surface area contributed by atoms with Gasteiger partial charge in [-0.25, -0.2) is 4.99 Å². The van der Waals surface area contributed by atoms with E-state index in [1.165, 1.54) is 18.2 Å². The third kappa shape index (κ3) is 7.32. The van der Waals surface area contributed by atoms with Gasteiger partial charge in [-0.1, -0.05) is 50.1 Å². The number of rotatable bonds is 9. The Morgan fingerprint density at radius 2 is 1.73 bits per heavy atom. The van der Waals surface area contributed by atoms with Gasteiger partial charge in [-0.3, -0.25) is 14.5 Å². The Kier molecular flexibility index (Phi) is 10.0. The van der Waals surface area contributed by atoms with E-state index in [-0.39, 0.29) is 23.1 Å². The third-order valence-electron chi connectivity index (χ3n) is 7.67. The van der Waals surface area contributed by atoms with Crippen molar-refractivity contribution in [2.75, 3.05) is 42.7 Å². The van der Waals surface area contributed by atoms with Crippen molar-refractivity contribution in [2.24, 2.45) is 4.99 Å². The third-order valence-corrected chi connectivity index (χ3v) is 8.99. The summed E-state index contributed by atoms with van der Waals surface area (Å²) in [6.45, 7) is 7.71. The van der Waals surface area contributed by atoms with Crippen molar-refractivity contribution < 1.29 is 19.1 Å². The second kappa shape index (κ2) is 14.0. The van der Waals surface area contributed by atoms with Gasteiger partial charge in [-0.15, -0.1) is 0 Å². The van der Waals surface area contributed by atoms with Gasteiger partial charge < -0.3 is 19.7 Å². The van der Waals surface area contributed by atoms with Gasteiger partial charge in [0.1, 0.15) is 11.4 Å². The van der Waals surface area contributed by atoms with Gasteiger partial charge in [0, 0.05) is 24.8 Å². The van der Waals surface area contributed by atoms with Crippen LogP contribution < -0.4 is 19.9 Å². The number of benzene rings is 2. The fourth-order valence-corrected chi connectivity index (χ4v) is 6.45. The lowest BCUT2D eigenvalue weighted by molar-refractivity contribution is -0.121. The van der Waals surface area contributed by atoms with Crippen molar-refractivity contribution in [3.63, 3.8) is 0 Å². The minimum atomic E-state index is -0.346. The van der Waals surface area contributed by atoms with E-state index < -0.39 is 0 Å². The summed E-state index contributed by atoms with van der Waals surface area (Å²) in [5.41, 5.74) is 3.08. The number of morpholine rings is 1. The highest BCUT2D eigenvalue weighted by atomic mass is 32.2. The highest BCUT2D eigenvalue weighted by Gasteiger charge is 2.35. The molecule has 2 amide bonds. The van der Waals surface area contributed by atoms with Gasteiger partial charge in [0.25, 0.3) is 5.91 Å². The van der Waals surface area contributed by atoms with Crippen molar-refractivity contribution in [3.05, 3.63) is 59.8 Å². The monoisotopic (exact) mass is 576 g/mol. The molecule has 1 unspecified atom stereocenters. The van der Waals surface area contributed by atoms with Crippen LogP contribution in [0.15, 0.2) is 59.2 Å². The first-order valence-electron chi connectivity index (χ1n) is 14.8. The molecule has 41 heavy (non-hydrogen) atoms. The number of carbonyl (C=O) groups excluding carboxylic acids is 2. The number of anilines is 2. The maximum Gasteiger partial charge on any atom is 0.283 e. The van der Waals surface area contributed by atoms with Crippen LogP contribution in [0, 0.1) is 0 Å². The number of ether oxygens (including phenoxy) is 2. The van der Waals surface area contributed by atoms with E-state index >= 15 is 0 Å². The fraction of sp³-hybridized carbons (Fsp3) is 0.469. The van der Waals surface area contributed by atoms with Crippen LogP contribution >= 0.6 is 11.8 Å². The second-order valence-electron chi connectivity index (χ2n) is 10.5. The highest BCUT2D eigenvalue weighted by Crippen LogP contribution is 2.33. The van der Waals surface area contributed by atoms with Crippen LogP contribution in [0.4, 0.5) is 11.4 Å². The number of carbonyl (C=O) groups is 2. The second-order valence-corrected chi connectivity index (χ2v) is 11.7. The molecule has 1 aliphatic carbocycles. The Labute approximate surface area is 247 Å². The van der Waals surface area contributed by atoms with Crippen LogP contribution in [0.5, 0.6) is 5.75 Å². The molecule has 8 nitrogen and oxygen atoms in total. The number of aliphatic imine (C=N–C) groups is 1. The number of nitrogens with zero attached hydrogens (tertiary/aromatic N) is 3. The van der Waals surface area contributed by atoms with E-state index in [2.05, 4.69) is 22.3 Å². The zero-order valence-electron chi connectivity index (χ0n) is 24.0. The van der Waals surface area contributed by atoms with Crippen molar-refractivity contribution in [3.8, 4) is 5.75 Å². The lowest BCUT2D eigenvalue weighted by atomic mass is 9.95. The highest BCUT2D eigenvalue weighted by molar-refractivity contribution is 8.15. The van der Waals surface area contributed by atoms with Gasteiger partial charge >= 0.3 is 0 Å². The number of nitrogens with one attached hydrogen (secondary N) is 1. The summed E-state index contributed by atoms with van der Waals surface area (Å²) in [7, 11) is 0. The van der Waals surface area contributed by atoms with Crippen LogP contribution in [-0.2, 0) is 14.3 Å². The molecule has 5 rings (SSSR count).